The molecule has 1 aliphatic carbocycles. The molecule has 5 nitrogen and oxygen atoms in total. The number of likely N-dealkylation sites (tertiary alicyclic amines) is 1. The summed E-state index contributed by atoms with van der Waals surface area (Å²) in [6.45, 7) is 26.2. The van der Waals surface area contributed by atoms with E-state index in [1.165, 1.54) is 87.2 Å². The Morgan fingerprint density at radius 3 is 2.00 bits per heavy atom. The van der Waals surface area contributed by atoms with Gasteiger partial charge in [-0.25, -0.2) is 0 Å². The zero-order valence-corrected chi connectivity index (χ0v) is 29.9. The molecule has 1 N–H and O–H groups in total. The third kappa shape index (κ3) is 12.2. The van der Waals surface area contributed by atoms with Gasteiger partial charge < -0.3 is 10.2 Å². The minimum Gasteiger partial charge on any atom is -0.369 e. The topological polar surface area (TPSA) is 38.8 Å². The minimum absolute atomic E-state index is 0.0880. The van der Waals surface area contributed by atoms with Crippen molar-refractivity contribution in [2.45, 2.75) is 138 Å². The number of piperidine rings is 1. The number of aryl methyl sites for hydroxylation is 1. The smallest absolute Gasteiger partial charge is 0.246 e. The van der Waals surface area contributed by atoms with E-state index in [4.69, 9.17) is 0 Å². The Morgan fingerprint density at radius 2 is 1.48 bits per heavy atom. The standard InChI is InChI=1S/C29H47N3.C8H13NO.C2H6/c1-6-10-11-29(24(5)7-2)31-20-21-32(27(9-4)23-31)28-16-18-30(19-17-28)22-26-14-12-25(8-3)13-15-26;1-3-6(2)8(10)9-7-4-5-7;1-2/h7,11-15,27-28H,6,8-10,16-23H2,1-5H3;3,7H,4-5H2,1-2H3,(H,9,10);1-2H3/b24-7-,29-11-;6-3+;. The lowest BCUT2D eigenvalue weighted by atomic mass is 9.97. The first kappa shape index (κ1) is 37.8. The molecule has 0 spiro atoms. The number of allylic oxidation sites excluding steroid dienone is 4. The van der Waals surface area contributed by atoms with Crippen molar-refractivity contribution < 1.29 is 4.79 Å². The van der Waals surface area contributed by atoms with Crippen LogP contribution in [-0.4, -0.2) is 71.5 Å². The van der Waals surface area contributed by atoms with E-state index in [1.807, 2.05) is 33.8 Å². The Bertz CT molecular complexity index is 1040. The first-order valence-corrected chi connectivity index (χ1v) is 17.9. The number of unbranched alkanes of at least 4 members (excludes halogenated alkanes) is 1. The Balaban J connectivity index is 0.000000473. The SMILES string of the molecule is C/C=C(C)\C(=C\CCC)N1CCN(C2CCN(Cc3ccc(CC)cc3)CC2)C(CC)C1.C/C=C(\C)C(=O)NC1CC1.CC. The third-order valence-corrected chi connectivity index (χ3v) is 9.37. The number of carbonyl (C=O) groups excluding carboxylic acids is 1. The van der Waals surface area contributed by atoms with Crippen LogP contribution >= 0.6 is 0 Å². The fourth-order valence-corrected chi connectivity index (χ4v) is 6.11. The van der Waals surface area contributed by atoms with Crippen LogP contribution in [0.5, 0.6) is 0 Å². The van der Waals surface area contributed by atoms with Gasteiger partial charge in [-0.2, -0.15) is 0 Å². The zero-order valence-electron chi connectivity index (χ0n) is 29.9. The highest BCUT2D eigenvalue weighted by Gasteiger charge is 2.33. The molecular formula is C39H66N4O. The Hall–Kier alpha value is -2.37. The number of nitrogens with one attached hydrogen (secondary N) is 1. The molecule has 1 atom stereocenters. The minimum atomic E-state index is 0.0880. The molecule has 1 unspecified atom stereocenters. The van der Waals surface area contributed by atoms with Crippen LogP contribution < -0.4 is 5.32 Å². The lowest BCUT2D eigenvalue weighted by Gasteiger charge is -2.48. The van der Waals surface area contributed by atoms with Crippen molar-refractivity contribution in [1.82, 2.24) is 20.0 Å². The number of carbonyl (C=O) groups is 1. The van der Waals surface area contributed by atoms with Gasteiger partial charge in [0.25, 0.3) is 0 Å². The van der Waals surface area contributed by atoms with E-state index in [0.717, 1.165) is 37.4 Å². The summed E-state index contributed by atoms with van der Waals surface area (Å²) in [6, 6.07) is 11.2. The van der Waals surface area contributed by atoms with Gasteiger partial charge >= 0.3 is 0 Å². The predicted octanol–water partition coefficient (Wildman–Crippen LogP) is 8.52. The van der Waals surface area contributed by atoms with Gasteiger partial charge in [0.2, 0.25) is 5.91 Å². The molecule has 2 heterocycles. The van der Waals surface area contributed by atoms with Gasteiger partial charge in [0.05, 0.1) is 0 Å². The van der Waals surface area contributed by atoms with E-state index in [-0.39, 0.29) is 5.91 Å². The molecule has 1 aromatic rings. The number of rotatable bonds is 11. The Morgan fingerprint density at radius 1 is 0.864 bits per heavy atom. The normalized spacial score (nSPS) is 20.8. The van der Waals surface area contributed by atoms with Gasteiger partial charge in [0.15, 0.2) is 0 Å². The second-order valence-corrected chi connectivity index (χ2v) is 12.5. The van der Waals surface area contributed by atoms with Crippen molar-refractivity contribution in [3.8, 4) is 0 Å². The number of hydrogen-bond acceptors (Lipinski definition) is 4. The predicted molar refractivity (Wildman–Crippen MR) is 191 cm³/mol. The van der Waals surface area contributed by atoms with Gasteiger partial charge in [-0.15, -0.1) is 0 Å². The number of benzene rings is 1. The van der Waals surface area contributed by atoms with E-state index in [1.54, 1.807) is 0 Å². The second-order valence-electron chi connectivity index (χ2n) is 12.5. The fraction of sp³-hybridized carbons (Fsp3) is 0.667. The van der Waals surface area contributed by atoms with Gasteiger partial charge in [-0.3, -0.25) is 14.6 Å². The molecular weight excluding hydrogens is 540 g/mol. The largest absolute Gasteiger partial charge is 0.369 e. The number of nitrogens with zero attached hydrogens (tertiary/aromatic N) is 3. The molecule has 3 fully saturated rings. The first-order chi connectivity index (χ1) is 21.3. The molecule has 0 aromatic heterocycles. The number of amides is 1. The van der Waals surface area contributed by atoms with Crippen molar-refractivity contribution in [2.75, 3.05) is 32.7 Å². The second kappa shape index (κ2) is 20.6. The van der Waals surface area contributed by atoms with Crippen molar-refractivity contribution in [2.24, 2.45) is 0 Å². The molecule has 44 heavy (non-hydrogen) atoms. The van der Waals surface area contributed by atoms with Crippen molar-refractivity contribution >= 4 is 5.91 Å². The lowest BCUT2D eigenvalue weighted by Crippen LogP contribution is -2.58. The van der Waals surface area contributed by atoms with Gasteiger partial charge in [-0.05, 0) is 102 Å². The van der Waals surface area contributed by atoms with Crippen LogP contribution in [0.2, 0.25) is 0 Å². The Labute approximate surface area is 271 Å². The summed E-state index contributed by atoms with van der Waals surface area (Å²) in [5, 5.41) is 2.90. The van der Waals surface area contributed by atoms with Crippen LogP contribution in [0, 0.1) is 0 Å². The van der Waals surface area contributed by atoms with Crippen molar-refractivity contribution in [3.05, 3.63) is 70.5 Å². The van der Waals surface area contributed by atoms with Crippen molar-refractivity contribution in [3.63, 3.8) is 0 Å². The van der Waals surface area contributed by atoms with E-state index in [9.17, 15) is 4.79 Å². The highest BCUT2D eigenvalue weighted by Crippen LogP contribution is 2.27. The first-order valence-electron chi connectivity index (χ1n) is 17.9. The molecule has 1 aromatic carbocycles. The summed E-state index contributed by atoms with van der Waals surface area (Å²) < 4.78 is 0. The molecule has 1 amide bonds. The molecule has 0 bridgehead atoms. The summed E-state index contributed by atoms with van der Waals surface area (Å²) in [6.07, 6.45) is 16.3. The van der Waals surface area contributed by atoms with Crippen LogP contribution in [0.15, 0.2) is 59.3 Å². The van der Waals surface area contributed by atoms with Crippen LogP contribution in [0.25, 0.3) is 0 Å². The van der Waals surface area contributed by atoms with E-state index >= 15 is 0 Å². The summed E-state index contributed by atoms with van der Waals surface area (Å²) in [5.74, 6) is 0.0880. The quantitative estimate of drug-likeness (QED) is 0.202. The van der Waals surface area contributed by atoms with Crippen LogP contribution in [0.4, 0.5) is 0 Å². The maximum absolute atomic E-state index is 11.0. The molecule has 248 valence electrons. The fourth-order valence-electron chi connectivity index (χ4n) is 6.11. The number of hydrogen-bond donors (Lipinski definition) is 1. The van der Waals surface area contributed by atoms with E-state index in [0.29, 0.717) is 12.1 Å². The monoisotopic (exact) mass is 607 g/mol. The maximum Gasteiger partial charge on any atom is 0.246 e. The summed E-state index contributed by atoms with van der Waals surface area (Å²) >= 11 is 0. The van der Waals surface area contributed by atoms with Crippen LogP contribution in [-0.2, 0) is 17.8 Å². The van der Waals surface area contributed by atoms with E-state index < -0.39 is 0 Å². The number of piperazine rings is 1. The maximum atomic E-state index is 11.0. The average Bonchev–Trinajstić information content (AvgIpc) is 3.90. The Kier molecular flexibility index (Phi) is 17.7. The van der Waals surface area contributed by atoms with Crippen LogP contribution in [0.1, 0.15) is 118 Å². The summed E-state index contributed by atoms with van der Waals surface area (Å²) in [4.78, 5) is 19.2. The molecule has 5 heteroatoms. The lowest BCUT2D eigenvalue weighted by molar-refractivity contribution is -0.117. The molecule has 0 radical (unpaired) electrons. The van der Waals surface area contributed by atoms with Gasteiger partial charge in [0.1, 0.15) is 0 Å². The van der Waals surface area contributed by atoms with E-state index in [2.05, 4.69) is 91.1 Å². The molecule has 2 saturated heterocycles. The van der Waals surface area contributed by atoms with Crippen LogP contribution in [0.3, 0.4) is 0 Å². The zero-order chi connectivity index (χ0) is 32.5. The highest BCUT2D eigenvalue weighted by molar-refractivity contribution is 5.93. The van der Waals surface area contributed by atoms with Crippen molar-refractivity contribution in [1.29, 1.82) is 0 Å². The van der Waals surface area contributed by atoms with Gasteiger partial charge in [0, 0.05) is 55.6 Å². The summed E-state index contributed by atoms with van der Waals surface area (Å²) in [5.41, 5.74) is 6.63. The average molecular weight is 607 g/mol. The third-order valence-electron chi connectivity index (χ3n) is 9.37. The van der Waals surface area contributed by atoms with Gasteiger partial charge in [-0.1, -0.05) is 83.5 Å². The molecule has 3 aliphatic rings. The molecule has 1 saturated carbocycles. The highest BCUT2D eigenvalue weighted by atomic mass is 16.1. The summed E-state index contributed by atoms with van der Waals surface area (Å²) in [7, 11) is 0. The molecule has 2 aliphatic heterocycles. The molecule has 4 rings (SSSR count).